The molecule has 0 radical (unpaired) electrons. The summed E-state index contributed by atoms with van der Waals surface area (Å²) in [6, 6.07) is 0. The van der Waals surface area contributed by atoms with Gasteiger partial charge in [0.25, 0.3) is 0 Å². The number of ether oxygens (including phenoxy) is 1. The van der Waals surface area contributed by atoms with Gasteiger partial charge in [0.15, 0.2) is 0 Å². The number of hydrogen-bond donors (Lipinski definition) is 1. The van der Waals surface area contributed by atoms with Gasteiger partial charge in [0, 0.05) is 13.1 Å². The van der Waals surface area contributed by atoms with Gasteiger partial charge < -0.3 is 10.5 Å². The standard InChI is InChI=1S/C11H22N2OS/c1-11(2,3)4-5-13-6-7-14-9(8-13)10(12)15/h9H,4-8H2,1-3H3,(H2,12,15). The first kappa shape index (κ1) is 12.9. The third-order valence-corrected chi connectivity index (χ3v) is 2.91. The monoisotopic (exact) mass is 230 g/mol. The molecular formula is C11H22N2OS. The summed E-state index contributed by atoms with van der Waals surface area (Å²) in [6.45, 7) is 10.5. The molecule has 1 rings (SSSR count). The zero-order chi connectivity index (χ0) is 11.5. The highest BCUT2D eigenvalue weighted by molar-refractivity contribution is 7.80. The Hall–Kier alpha value is -0.190. The molecular weight excluding hydrogens is 208 g/mol. The molecule has 1 aliphatic heterocycles. The van der Waals surface area contributed by atoms with Crippen LogP contribution in [0.1, 0.15) is 27.2 Å². The van der Waals surface area contributed by atoms with E-state index in [1.54, 1.807) is 0 Å². The minimum atomic E-state index is -0.0475. The molecule has 1 fully saturated rings. The molecule has 0 aliphatic carbocycles. The molecule has 1 saturated heterocycles. The summed E-state index contributed by atoms with van der Waals surface area (Å²) in [5, 5.41) is 0. The number of hydrogen-bond acceptors (Lipinski definition) is 3. The molecule has 4 heteroatoms. The lowest BCUT2D eigenvalue weighted by Crippen LogP contribution is -2.48. The summed E-state index contributed by atoms with van der Waals surface area (Å²) < 4.78 is 5.49. The van der Waals surface area contributed by atoms with Crippen molar-refractivity contribution in [3.8, 4) is 0 Å². The molecule has 1 unspecified atom stereocenters. The Morgan fingerprint density at radius 2 is 2.20 bits per heavy atom. The van der Waals surface area contributed by atoms with Crippen LogP contribution >= 0.6 is 12.2 Å². The van der Waals surface area contributed by atoms with Crippen molar-refractivity contribution in [1.29, 1.82) is 0 Å². The van der Waals surface area contributed by atoms with Crippen molar-refractivity contribution in [2.24, 2.45) is 11.1 Å². The van der Waals surface area contributed by atoms with Gasteiger partial charge in [-0.05, 0) is 18.4 Å². The van der Waals surface area contributed by atoms with Crippen LogP contribution in [0.25, 0.3) is 0 Å². The number of morpholine rings is 1. The highest BCUT2D eigenvalue weighted by atomic mass is 32.1. The normalized spacial score (nSPS) is 24.1. The maximum Gasteiger partial charge on any atom is 0.120 e. The molecule has 3 nitrogen and oxygen atoms in total. The van der Waals surface area contributed by atoms with Gasteiger partial charge in [0.05, 0.1) is 6.61 Å². The zero-order valence-electron chi connectivity index (χ0n) is 9.95. The van der Waals surface area contributed by atoms with Crippen LogP contribution in [0.4, 0.5) is 0 Å². The molecule has 0 aromatic carbocycles. The predicted molar refractivity (Wildman–Crippen MR) is 67.0 cm³/mol. The van der Waals surface area contributed by atoms with Crippen LogP contribution in [-0.4, -0.2) is 42.2 Å². The molecule has 0 bridgehead atoms. The van der Waals surface area contributed by atoms with Crippen molar-refractivity contribution in [3.05, 3.63) is 0 Å². The third-order valence-electron chi connectivity index (χ3n) is 2.65. The predicted octanol–water partition coefficient (Wildman–Crippen LogP) is 1.41. The molecule has 15 heavy (non-hydrogen) atoms. The van der Waals surface area contributed by atoms with E-state index in [1.807, 2.05) is 0 Å². The number of nitrogens with zero attached hydrogens (tertiary/aromatic N) is 1. The average Bonchev–Trinajstić information content (AvgIpc) is 2.14. The van der Waals surface area contributed by atoms with Crippen LogP contribution in [0.15, 0.2) is 0 Å². The van der Waals surface area contributed by atoms with E-state index in [1.165, 1.54) is 6.42 Å². The van der Waals surface area contributed by atoms with E-state index in [0.717, 1.165) is 26.2 Å². The van der Waals surface area contributed by atoms with Crippen LogP contribution < -0.4 is 5.73 Å². The Morgan fingerprint density at radius 1 is 1.53 bits per heavy atom. The highest BCUT2D eigenvalue weighted by Gasteiger charge is 2.23. The molecule has 0 aromatic rings. The van der Waals surface area contributed by atoms with Crippen molar-refractivity contribution in [3.63, 3.8) is 0 Å². The van der Waals surface area contributed by atoms with Crippen molar-refractivity contribution >= 4 is 17.2 Å². The van der Waals surface area contributed by atoms with Gasteiger partial charge in [-0.1, -0.05) is 33.0 Å². The minimum Gasteiger partial charge on any atom is -0.391 e. The Labute approximate surface area is 98.0 Å². The van der Waals surface area contributed by atoms with Gasteiger partial charge in [-0.3, -0.25) is 4.90 Å². The van der Waals surface area contributed by atoms with E-state index in [-0.39, 0.29) is 6.10 Å². The Bertz CT molecular complexity index is 225. The Morgan fingerprint density at radius 3 is 2.73 bits per heavy atom. The molecule has 0 aromatic heterocycles. The fourth-order valence-electron chi connectivity index (χ4n) is 1.57. The largest absolute Gasteiger partial charge is 0.391 e. The SMILES string of the molecule is CC(C)(C)CCN1CCOC(C(N)=S)C1. The van der Waals surface area contributed by atoms with E-state index >= 15 is 0 Å². The molecule has 0 saturated carbocycles. The summed E-state index contributed by atoms with van der Waals surface area (Å²) >= 11 is 4.95. The smallest absolute Gasteiger partial charge is 0.120 e. The van der Waals surface area contributed by atoms with Crippen molar-refractivity contribution in [2.45, 2.75) is 33.3 Å². The quantitative estimate of drug-likeness (QED) is 0.744. The Kier molecular flexibility index (Phi) is 4.49. The summed E-state index contributed by atoms with van der Waals surface area (Å²) in [6.07, 6.45) is 1.14. The number of rotatable bonds is 3. The summed E-state index contributed by atoms with van der Waals surface area (Å²) in [7, 11) is 0. The van der Waals surface area contributed by atoms with Crippen LogP contribution in [0.3, 0.4) is 0 Å². The second kappa shape index (κ2) is 5.23. The number of nitrogens with two attached hydrogens (primary N) is 1. The maximum atomic E-state index is 5.59. The van der Waals surface area contributed by atoms with Crippen LogP contribution in [0.5, 0.6) is 0 Å². The highest BCUT2D eigenvalue weighted by Crippen LogP contribution is 2.19. The van der Waals surface area contributed by atoms with E-state index in [2.05, 4.69) is 25.7 Å². The van der Waals surface area contributed by atoms with Gasteiger partial charge in [-0.2, -0.15) is 0 Å². The molecule has 2 N–H and O–H groups in total. The third kappa shape index (κ3) is 4.91. The second-order valence-corrected chi connectivity index (χ2v) is 5.84. The van der Waals surface area contributed by atoms with Gasteiger partial charge in [-0.25, -0.2) is 0 Å². The molecule has 0 spiro atoms. The van der Waals surface area contributed by atoms with E-state index in [9.17, 15) is 0 Å². The van der Waals surface area contributed by atoms with Gasteiger partial charge in [0.1, 0.15) is 11.1 Å². The summed E-state index contributed by atoms with van der Waals surface area (Å²) in [5.74, 6) is 0. The van der Waals surface area contributed by atoms with E-state index in [4.69, 9.17) is 22.7 Å². The lowest BCUT2D eigenvalue weighted by molar-refractivity contribution is 0.00379. The minimum absolute atomic E-state index is 0.0475. The Balaban J connectivity index is 2.34. The fourth-order valence-corrected chi connectivity index (χ4v) is 1.71. The summed E-state index contributed by atoms with van der Waals surface area (Å²) in [5.41, 5.74) is 5.98. The second-order valence-electron chi connectivity index (χ2n) is 5.37. The van der Waals surface area contributed by atoms with Crippen LogP contribution in [0.2, 0.25) is 0 Å². The molecule has 1 aliphatic rings. The average molecular weight is 230 g/mol. The van der Waals surface area contributed by atoms with Crippen molar-refractivity contribution < 1.29 is 4.74 Å². The molecule has 0 amide bonds. The van der Waals surface area contributed by atoms with Gasteiger partial charge in [0.2, 0.25) is 0 Å². The lowest BCUT2D eigenvalue weighted by Gasteiger charge is -2.33. The molecule has 1 atom stereocenters. The topological polar surface area (TPSA) is 38.5 Å². The summed E-state index contributed by atoms with van der Waals surface area (Å²) in [4.78, 5) is 2.87. The van der Waals surface area contributed by atoms with Gasteiger partial charge in [-0.15, -0.1) is 0 Å². The molecule has 1 heterocycles. The van der Waals surface area contributed by atoms with E-state index < -0.39 is 0 Å². The first-order chi connectivity index (χ1) is 6.88. The zero-order valence-corrected chi connectivity index (χ0v) is 10.8. The fraction of sp³-hybridized carbons (Fsp3) is 0.909. The van der Waals surface area contributed by atoms with Crippen molar-refractivity contribution in [1.82, 2.24) is 4.90 Å². The number of thiocarbonyl (C=S) groups is 1. The van der Waals surface area contributed by atoms with Gasteiger partial charge >= 0.3 is 0 Å². The van der Waals surface area contributed by atoms with Crippen molar-refractivity contribution in [2.75, 3.05) is 26.2 Å². The first-order valence-corrected chi connectivity index (χ1v) is 5.92. The van der Waals surface area contributed by atoms with E-state index in [0.29, 0.717) is 10.4 Å². The lowest BCUT2D eigenvalue weighted by atomic mass is 9.92. The van der Waals surface area contributed by atoms with Crippen LogP contribution in [0, 0.1) is 5.41 Å². The maximum absolute atomic E-state index is 5.59. The van der Waals surface area contributed by atoms with Crippen LogP contribution in [-0.2, 0) is 4.74 Å². The first-order valence-electron chi connectivity index (χ1n) is 5.52. The molecule has 88 valence electrons.